The Balaban J connectivity index is 1.55. The van der Waals surface area contributed by atoms with Crippen molar-refractivity contribution in [2.45, 2.75) is 37.6 Å². The lowest BCUT2D eigenvalue weighted by molar-refractivity contribution is 0.304. The monoisotopic (exact) mass is 450 g/mol. The van der Waals surface area contributed by atoms with E-state index in [1.54, 1.807) is 28.6 Å². The Morgan fingerprint density at radius 3 is 2.41 bits per heavy atom. The van der Waals surface area contributed by atoms with Gasteiger partial charge in [-0.3, -0.25) is 0 Å². The lowest BCUT2D eigenvalue weighted by atomic mass is 10.2. The van der Waals surface area contributed by atoms with Crippen LogP contribution in [0.25, 0.3) is 16.6 Å². The molecule has 5 rings (SSSR count). The second-order valence-corrected chi connectivity index (χ2v) is 10.4. The van der Waals surface area contributed by atoms with Crippen molar-refractivity contribution in [3.63, 3.8) is 0 Å². The normalized spacial score (nSPS) is 18.1. The van der Waals surface area contributed by atoms with Gasteiger partial charge in [-0.1, -0.05) is 44.2 Å². The Labute approximate surface area is 187 Å². The summed E-state index contributed by atoms with van der Waals surface area (Å²) in [4.78, 5) is 7.44. The van der Waals surface area contributed by atoms with Gasteiger partial charge in [-0.2, -0.15) is 4.31 Å². The minimum absolute atomic E-state index is 0.170. The number of para-hydroxylation sites is 1. The first kappa shape index (κ1) is 20.8. The minimum atomic E-state index is -3.55. The smallest absolute Gasteiger partial charge is 0.243 e. The maximum atomic E-state index is 13.2. The molecule has 1 aliphatic rings. The standard InChI is InChI=1S/C23H26N6O2S/c1-16(2)21-25-26-22-19-11-7-8-12-20(19)24-23(29(21)22)27-13-14-28(17(3)15-27)32(30,31)18-9-5-4-6-10-18/h4-12,16-17H,13-15H2,1-3H3. The van der Waals surface area contributed by atoms with Crippen LogP contribution in [0, 0.1) is 0 Å². The third kappa shape index (κ3) is 3.32. The van der Waals surface area contributed by atoms with Crippen LogP contribution in [0.5, 0.6) is 0 Å². The number of piperazine rings is 1. The summed E-state index contributed by atoms with van der Waals surface area (Å²) in [5.74, 6) is 1.78. The van der Waals surface area contributed by atoms with Gasteiger partial charge < -0.3 is 4.90 Å². The van der Waals surface area contributed by atoms with Gasteiger partial charge in [-0.25, -0.2) is 17.8 Å². The summed E-state index contributed by atoms with van der Waals surface area (Å²) in [6.45, 7) is 7.56. The second-order valence-electron chi connectivity index (χ2n) is 8.52. The van der Waals surface area contributed by atoms with E-state index in [1.165, 1.54) is 0 Å². The number of rotatable bonds is 4. The molecule has 0 N–H and O–H groups in total. The fourth-order valence-corrected chi connectivity index (χ4v) is 6.01. The first-order valence-electron chi connectivity index (χ1n) is 10.8. The molecule has 1 unspecified atom stereocenters. The molecule has 9 heteroatoms. The highest BCUT2D eigenvalue weighted by molar-refractivity contribution is 7.89. The van der Waals surface area contributed by atoms with Crippen LogP contribution in [0.3, 0.4) is 0 Å². The van der Waals surface area contributed by atoms with Gasteiger partial charge in [0, 0.05) is 37.0 Å². The Morgan fingerprint density at radius 2 is 1.69 bits per heavy atom. The Morgan fingerprint density at radius 1 is 0.969 bits per heavy atom. The van der Waals surface area contributed by atoms with Gasteiger partial charge in [-0.15, -0.1) is 10.2 Å². The summed E-state index contributed by atoms with van der Waals surface area (Å²) < 4.78 is 30.0. The minimum Gasteiger partial charge on any atom is -0.339 e. The maximum absolute atomic E-state index is 13.2. The second kappa shape index (κ2) is 7.83. The molecule has 1 aliphatic heterocycles. The van der Waals surface area contributed by atoms with E-state index in [4.69, 9.17) is 4.98 Å². The van der Waals surface area contributed by atoms with Gasteiger partial charge in [0.15, 0.2) is 5.65 Å². The average Bonchev–Trinajstić information content (AvgIpc) is 3.25. The van der Waals surface area contributed by atoms with Crippen LogP contribution in [-0.4, -0.2) is 58.0 Å². The molecule has 1 fully saturated rings. The van der Waals surface area contributed by atoms with Gasteiger partial charge in [0.25, 0.3) is 0 Å². The van der Waals surface area contributed by atoms with E-state index in [1.807, 2.05) is 41.7 Å². The van der Waals surface area contributed by atoms with Crippen molar-refractivity contribution in [3.05, 3.63) is 60.4 Å². The molecular weight excluding hydrogens is 424 g/mol. The molecule has 166 valence electrons. The van der Waals surface area contributed by atoms with Crippen molar-refractivity contribution in [1.29, 1.82) is 0 Å². The number of aromatic nitrogens is 4. The topological polar surface area (TPSA) is 83.7 Å². The lowest BCUT2D eigenvalue weighted by Gasteiger charge is -2.39. The zero-order valence-electron chi connectivity index (χ0n) is 18.4. The predicted molar refractivity (Wildman–Crippen MR) is 124 cm³/mol. The zero-order valence-corrected chi connectivity index (χ0v) is 19.2. The van der Waals surface area contributed by atoms with E-state index < -0.39 is 10.0 Å². The summed E-state index contributed by atoms with van der Waals surface area (Å²) in [5.41, 5.74) is 1.63. The molecular formula is C23H26N6O2S. The number of fused-ring (bicyclic) bond motifs is 3. The van der Waals surface area contributed by atoms with Gasteiger partial charge in [-0.05, 0) is 31.2 Å². The molecule has 0 radical (unpaired) electrons. The van der Waals surface area contributed by atoms with Crippen LogP contribution in [0.2, 0.25) is 0 Å². The number of nitrogens with zero attached hydrogens (tertiary/aromatic N) is 6. The van der Waals surface area contributed by atoms with Crippen molar-refractivity contribution in [3.8, 4) is 0 Å². The molecule has 3 heterocycles. The number of anilines is 1. The van der Waals surface area contributed by atoms with Crippen molar-refractivity contribution >= 4 is 32.5 Å². The van der Waals surface area contributed by atoms with Gasteiger partial charge in [0.1, 0.15) is 5.82 Å². The van der Waals surface area contributed by atoms with Crippen LogP contribution < -0.4 is 4.90 Å². The van der Waals surface area contributed by atoms with Crippen LogP contribution in [0.4, 0.5) is 5.95 Å². The molecule has 0 saturated carbocycles. The quantitative estimate of drug-likeness (QED) is 0.474. The molecule has 1 saturated heterocycles. The molecule has 4 aromatic rings. The average molecular weight is 451 g/mol. The summed E-state index contributed by atoms with van der Waals surface area (Å²) in [5, 5.41) is 9.88. The van der Waals surface area contributed by atoms with Crippen molar-refractivity contribution < 1.29 is 8.42 Å². The molecule has 0 amide bonds. The third-order valence-electron chi connectivity index (χ3n) is 5.97. The highest BCUT2D eigenvalue weighted by Gasteiger charge is 2.35. The molecule has 2 aromatic heterocycles. The van der Waals surface area contributed by atoms with E-state index in [9.17, 15) is 8.42 Å². The molecule has 8 nitrogen and oxygen atoms in total. The van der Waals surface area contributed by atoms with E-state index in [2.05, 4.69) is 28.9 Å². The summed E-state index contributed by atoms with van der Waals surface area (Å²) in [6.07, 6.45) is 0. The van der Waals surface area contributed by atoms with E-state index in [0.717, 1.165) is 28.3 Å². The number of hydrogen-bond acceptors (Lipinski definition) is 6. The number of sulfonamides is 1. The summed E-state index contributed by atoms with van der Waals surface area (Å²) >= 11 is 0. The molecule has 0 aliphatic carbocycles. The molecule has 0 spiro atoms. The third-order valence-corrected chi connectivity index (χ3v) is 8.00. The Bertz CT molecular complexity index is 1380. The fourth-order valence-electron chi connectivity index (χ4n) is 4.38. The van der Waals surface area contributed by atoms with E-state index >= 15 is 0 Å². The SMILES string of the molecule is CC(C)c1nnc2c3ccccc3nc(N3CCN(S(=O)(=O)c4ccccc4)C(C)C3)n12. The summed E-state index contributed by atoms with van der Waals surface area (Å²) in [6, 6.07) is 16.3. The first-order valence-corrected chi connectivity index (χ1v) is 12.3. The number of benzene rings is 2. The largest absolute Gasteiger partial charge is 0.339 e. The fraction of sp³-hybridized carbons (Fsp3) is 0.348. The van der Waals surface area contributed by atoms with Crippen molar-refractivity contribution in [2.24, 2.45) is 0 Å². The van der Waals surface area contributed by atoms with Crippen LogP contribution in [-0.2, 0) is 10.0 Å². The van der Waals surface area contributed by atoms with Gasteiger partial charge in [0.05, 0.1) is 10.4 Å². The Hall–Kier alpha value is -3.04. The number of hydrogen-bond donors (Lipinski definition) is 0. The highest BCUT2D eigenvalue weighted by Crippen LogP contribution is 2.29. The molecule has 0 bridgehead atoms. The van der Waals surface area contributed by atoms with Gasteiger partial charge >= 0.3 is 0 Å². The lowest BCUT2D eigenvalue weighted by Crippen LogP contribution is -2.54. The Kier molecular flexibility index (Phi) is 5.10. The molecule has 32 heavy (non-hydrogen) atoms. The van der Waals surface area contributed by atoms with Crippen molar-refractivity contribution in [1.82, 2.24) is 23.9 Å². The van der Waals surface area contributed by atoms with Crippen LogP contribution >= 0.6 is 0 Å². The van der Waals surface area contributed by atoms with E-state index in [-0.39, 0.29) is 12.0 Å². The van der Waals surface area contributed by atoms with Crippen LogP contribution in [0.1, 0.15) is 32.5 Å². The molecule has 2 aromatic carbocycles. The predicted octanol–water partition coefficient (Wildman–Crippen LogP) is 3.30. The maximum Gasteiger partial charge on any atom is 0.243 e. The first-order chi connectivity index (χ1) is 15.4. The molecule has 1 atom stereocenters. The summed E-state index contributed by atoms with van der Waals surface area (Å²) in [7, 11) is -3.55. The van der Waals surface area contributed by atoms with Crippen molar-refractivity contribution in [2.75, 3.05) is 24.5 Å². The van der Waals surface area contributed by atoms with Crippen LogP contribution in [0.15, 0.2) is 59.5 Å². The highest BCUT2D eigenvalue weighted by atomic mass is 32.2. The van der Waals surface area contributed by atoms with Gasteiger partial charge in [0.2, 0.25) is 16.0 Å². The van der Waals surface area contributed by atoms with E-state index in [0.29, 0.717) is 24.5 Å². The zero-order chi connectivity index (χ0) is 22.5.